The smallest absolute Gasteiger partial charge is 0.406 e. The number of nitrogens with one attached hydrogen (secondary N) is 2. The van der Waals surface area contributed by atoms with Gasteiger partial charge in [-0.15, -0.1) is 30.9 Å². The Morgan fingerprint density at radius 1 is 1.00 bits per heavy atom. The lowest BCUT2D eigenvalue weighted by molar-refractivity contribution is -0.274. The van der Waals surface area contributed by atoms with E-state index in [-0.39, 0.29) is 16.4 Å². The number of nitrogens with zero attached hydrogens (tertiary/aromatic N) is 4. The molecule has 0 unspecified atom stereocenters. The molecule has 1 aromatic heterocycles. The molecule has 0 saturated heterocycles. The van der Waals surface area contributed by atoms with Gasteiger partial charge in [-0.05, 0) is 73.5 Å². The maximum Gasteiger partial charge on any atom is 0.573 e. The Kier molecular flexibility index (Phi) is 7.92. The second-order valence-electron chi connectivity index (χ2n) is 8.31. The van der Waals surface area contributed by atoms with Gasteiger partial charge in [-0.2, -0.15) is 5.26 Å². The number of benzene rings is 3. The van der Waals surface area contributed by atoms with Crippen molar-refractivity contribution < 1.29 is 22.7 Å². The lowest BCUT2D eigenvalue weighted by Crippen LogP contribution is -2.17. The molecule has 198 valence electrons. The lowest BCUT2D eigenvalue weighted by atomic mass is 10.1. The minimum Gasteiger partial charge on any atom is -0.406 e. The minimum atomic E-state index is -4.77. The molecule has 12 heteroatoms. The average Bonchev–Trinajstić information content (AvgIpc) is 3.37. The van der Waals surface area contributed by atoms with E-state index < -0.39 is 12.3 Å². The molecule has 0 saturated carbocycles. The summed E-state index contributed by atoms with van der Waals surface area (Å²) in [6.07, 6.45) is -3.35. The number of anilines is 2. The number of carbonyl (C=O) groups is 1. The molecule has 0 bridgehead atoms. The number of thiol groups is 1. The zero-order valence-corrected chi connectivity index (χ0v) is 21.5. The maximum absolute atomic E-state index is 12.8. The molecule has 0 radical (unpaired) electrons. The molecule has 0 fully saturated rings. The molecule has 2 N–H and O–H groups in total. The van der Waals surface area contributed by atoms with Crippen LogP contribution >= 0.6 is 12.6 Å². The molecule has 1 amide bonds. The van der Waals surface area contributed by atoms with E-state index in [4.69, 9.17) is 0 Å². The Labute approximate surface area is 227 Å². The Balaban J connectivity index is 1.44. The van der Waals surface area contributed by atoms with E-state index in [2.05, 4.69) is 38.1 Å². The van der Waals surface area contributed by atoms with Crippen LogP contribution in [0, 0.1) is 25.2 Å². The molecule has 3 aromatic carbocycles. The number of nitriles is 1. The summed E-state index contributed by atoms with van der Waals surface area (Å²) in [7, 11) is 0. The van der Waals surface area contributed by atoms with Crippen LogP contribution in [0.4, 0.5) is 24.5 Å². The summed E-state index contributed by atoms with van der Waals surface area (Å²) in [5.74, 6) is -0.615. The van der Waals surface area contributed by atoms with E-state index in [1.165, 1.54) is 35.3 Å². The van der Waals surface area contributed by atoms with E-state index in [0.717, 1.165) is 16.8 Å². The van der Waals surface area contributed by atoms with Crippen LogP contribution in [0.25, 0.3) is 17.1 Å². The molecule has 0 aliphatic carbocycles. The third-order valence-corrected chi connectivity index (χ3v) is 5.86. The largest absolute Gasteiger partial charge is 0.573 e. The minimum absolute atomic E-state index is 0.122. The predicted molar refractivity (Wildman–Crippen MR) is 143 cm³/mol. The Hall–Kier alpha value is -4.76. The van der Waals surface area contributed by atoms with Gasteiger partial charge in [-0.3, -0.25) is 4.79 Å². The number of hydrogen-bond donors (Lipinski definition) is 3. The third kappa shape index (κ3) is 6.77. The topological polar surface area (TPSA) is 105 Å². The van der Waals surface area contributed by atoms with Crippen LogP contribution in [0.3, 0.4) is 0 Å². The number of ether oxygens (including phenoxy) is 1. The summed E-state index contributed by atoms with van der Waals surface area (Å²) in [6, 6.07) is 19.4. The summed E-state index contributed by atoms with van der Waals surface area (Å²) < 4.78 is 42.4. The molecule has 0 aliphatic heterocycles. The first-order valence-corrected chi connectivity index (χ1v) is 11.8. The Morgan fingerprint density at radius 2 is 1.64 bits per heavy atom. The normalized spacial score (nSPS) is 11.8. The first kappa shape index (κ1) is 27.3. The molecule has 4 aromatic rings. The fraction of sp³-hybridized carbons (Fsp3) is 0.111. The monoisotopic (exact) mass is 550 g/mol. The van der Waals surface area contributed by atoms with Gasteiger partial charge in [0.05, 0.1) is 10.7 Å². The number of para-hydroxylation sites is 1. The van der Waals surface area contributed by atoms with Crippen LogP contribution in [0.5, 0.6) is 5.75 Å². The molecule has 4 rings (SSSR count). The SMILES string of the molecule is Cc1cccc(C)c1N/C(S)=C(\C#N)C(=O)Nc1ccc(-c2ncn(-c3ccc(OC(F)(F)F)cc3)n2)cc1. The van der Waals surface area contributed by atoms with E-state index in [0.29, 0.717) is 22.8 Å². The van der Waals surface area contributed by atoms with Crippen LogP contribution < -0.4 is 15.4 Å². The summed E-state index contributed by atoms with van der Waals surface area (Å²) in [6.45, 7) is 3.82. The molecular weight excluding hydrogens is 529 g/mol. The van der Waals surface area contributed by atoms with Gasteiger partial charge in [-0.25, -0.2) is 9.67 Å². The van der Waals surface area contributed by atoms with Gasteiger partial charge in [-0.1, -0.05) is 18.2 Å². The summed E-state index contributed by atoms with van der Waals surface area (Å²) in [5.41, 5.74) is 4.02. The number of rotatable bonds is 7. The van der Waals surface area contributed by atoms with Gasteiger partial charge < -0.3 is 15.4 Å². The van der Waals surface area contributed by atoms with Crippen LogP contribution in [0.2, 0.25) is 0 Å². The van der Waals surface area contributed by atoms with Crippen molar-refractivity contribution in [3.63, 3.8) is 0 Å². The quantitative estimate of drug-likeness (QED) is 0.145. The highest BCUT2D eigenvalue weighted by atomic mass is 32.1. The number of aryl methyl sites for hydroxylation is 2. The van der Waals surface area contributed by atoms with Crippen LogP contribution in [0.15, 0.2) is 83.7 Å². The fourth-order valence-electron chi connectivity index (χ4n) is 3.62. The number of carbonyl (C=O) groups excluding carboxylic acids is 1. The number of aromatic nitrogens is 3. The van der Waals surface area contributed by atoms with Gasteiger partial charge in [0, 0.05) is 16.9 Å². The molecule has 0 spiro atoms. The Morgan fingerprint density at radius 3 is 2.23 bits per heavy atom. The van der Waals surface area contributed by atoms with Crippen molar-refractivity contribution in [1.29, 1.82) is 5.26 Å². The maximum atomic E-state index is 12.8. The average molecular weight is 551 g/mol. The van der Waals surface area contributed by atoms with Crippen molar-refractivity contribution in [2.75, 3.05) is 10.6 Å². The molecule has 1 heterocycles. The van der Waals surface area contributed by atoms with Gasteiger partial charge in [0.2, 0.25) is 0 Å². The van der Waals surface area contributed by atoms with Crippen molar-refractivity contribution in [1.82, 2.24) is 14.8 Å². The summed E-state index contributed by atoms with van der Waals surface area (Å²) >= 11 is 4.35. The van der Waals surface area contributed by atoms with E-state index in [9.17, 15) is 23.2 Å². The van der Waals surface area contributed by atoms with Crippen LogP contribution in [-0.4, -0.2) is 27.0 Å². The lowest BCUT2D eigenvalue weighted by Gasteiger charge is -2.14. The first-order valence-electron chi connectivity index (χ1n) is 11.4. The molecule has 0 atom stereocenters. The first-order chi connectivity index (χ1) is 18.5. The fourth-order valence-corrected chi connectivity index (χ4v) is 3.88. The van der Waals surface area contributed by atoms with Gasteiger partial charge in [0.1, 0.15) is 23.7 Å². The number of amides is 1. The zero-order chi connectivity index (χ0) is 28.2. The second kappa shape index (κ2) is 11.3. The van der Waals surface area contributed by atoms with E-state index in [1.807, 2.05) is 38.1 Å². The number of alkyl halides is 3. The highest BCUT2D eigenvalue weighted by Gasteiger charge is 2.31. The molecule has 39 heavy (non-hydrogen) atoms. The van der Waals surface area contributed by atoms with Crippen molar-refractivity contribution in [3.8, 4) is 28.9 Å². The predicted octanol–water partition coefficient (Wildman–Crippen LogP) is 6.17. The molecule has 0 aliphatic rings. The Bertz CT molecular complexity index is 1550. The van der Waals surface area contributed by atoms with Crippen molar-refractivity contribution >= 4 is 29.9 Å². The number of hydrogen-bond acceptors (Lipinski definition) is 7. The molecule has 8 nitrogen and oxygen atoms in total. The van der Waals surface area contributed by atoms with Gasteiger partial charge in [0.15, 0.2) is 5.82 Å². The van der Waals surface area contributed by atoms with Crippen molar-refractivity contribution in [2.24, 2.45) is 0 Å². The van der Waals surface area contributed by atoms with E-state index >= 15 is 0 Å². The van der Waals surface area contributed by atoms with Crippen molar-refractivity contribution in [2.45, 2.75) is 20.2 Å². The number of halogens is 3. The zero-order valence-electron chi connectivity index (χ0n) is 20.6. The van der Waals surface area contributed by atoms with Crippen molar-refractivity contribution in [3.05, 3.63) is 94.8 Å². The van der Waals surface area contributed by atoms with Gasteiger partial charge in [0.25, 0.3) is 5.91 Å². The standard InChI is InChI=1S/C27H21F3N6O2S/c1-16-4-3-5-17(2)23(16)34-26(39)22(14-31)25(37)33-19-8-6-18(7-9-19)24-32-15-36(35-24)20-10-12-21(13-11-20)38-27(28,29)30/h3-13,15,34,39H,1-2H3,(H,33,37)/b26-22-. The second-order valence-corrected chi connectivity index (χ2v) is 8.76. The third-order valence-electron chi connectivity index (χ3n) is 5.53. The summed E-state index contributed by atoms with van der Waals surface area (Å²) in [5, 5.41) is 19.8. The van der Waals surface area contributed by atoms with Gasteiger partial charge >= 0.3 is 6.36 Å². The van der Waals surface area contributed by atoms with Crippen LogP contribution in [0.1, 0.15) is 11.1 Å². The molecular formula is C27H21F3N6O2S. The van der Waals surface area contributed by atoms with Crippen LogP contribution in [-0.2, 0) is 4.79 Å². The van der Waals surface area contributed by atoms with E-state index in [1.54, 1.807) is 24.3 Å². The highest BCUT2D eigenvalue weighted by molar-refractivity contribution is 7.84. The highest BCUT2D eigenvalue weighted by Crippen LogP contribution is 2.26. The summed E-state index contributed by atoms with van der Waals surface area (Å²) in [4.78, 5) is 17.0.